The Morgan fingerprint density at radius 1 is 1.45 bits per heavy atom. The van der Waals surface area contributed by atoms with E-state index in [0.29, 0.717) is 31.7 Å². The second-order valence-electron chi connectivity index (χ2n) is 5.67. The van der Waals surface area contributed by atoms with Gasteiger partial charge in [0.05, 0.1) is 17.1 Å². The van der Waals surface area contributed by atoms with E-state index in [1.807, 2.05) is 4.90 Å². The van der Waals surface area contributed by atoms with Crippen LogP contribution in [0.25, 0.3) is 0 Å². The van der Waals surface area contributed by atoms with Crippen molar-refractivity contribution in [2.45, 2.75) is 43.9 Å². The van der Waals surface area contributed by atoms with Crippen LogP contribution in [0.3, 0.4) is 0 Å². The Labute approximate surface area is 116 Å². The molecule has 1 aliphatic carbocycles. The Morgan fingerprint density at radius 2 is 2.20 bits per heavy atom. The standard InChI is InChI=1S/C12H19N5O3/c13-8-3-4-15(7-10(18)5-8)12-11(17(19)20)6-14-16(12)9-1-2-9/h6,8-10,18H,1-5,7,13H2. The Hall–Kier alpha value is -1.67. The topological polar surface area (TPSA) is 110 Å². The third-order valence-electron chi connectivity index (χ3n) is 3.92. The quantitative estimate of drug-likeness (QED) is 0.613. The number of hydrogen-bond acceptors (Lipinski definition) is 6. The molecule has 0 spiro atoms. The number of rotatable bonds is 3. The summed E-state index contributed by atoms with van der Waals surface area (Å²) in [5.74, 6) is 0.519. The number of anilines is 1. The number of aliphatic hydroxyl groups is 1. The number of nitrogens with zero attached hydrogens (tertiary/aromatic N) is 4. The Morgan fingerprint density at radius 3 is 2.85 bits per heavy atom. The number of nitro groups is 1. The first-order valence-corrected chi connectivity index (χ1v) is 6.96. The molecule has 20 heavy (non-hydrogen) atoms. The normalized spacial score (nSPS) is 27.4. The zero-order valence-corrected chi connectivity index (χ0v) is 11.2. The van der Waals surface area contributed by atoms with Crippen LogP contribution in [-0.4, -0.2) is 45.0 Å². The van der Waals surface area contributed by atoms with Gasteiger partial charge in [-0.05, 0) is 25.7 Å². The molecule has 3 rings (SSSR count). The van der Waals surface area contributed by atoms with Gasteiger partial charge < -0.3 is 15.7 Å². The molecule has 2 fully saturated rings. The van der Waals surface area contributed by atoms with Crippen LogP contribution in [0, 0.1) is 10.1 Å². The fraction of sp³-hybridized carbons (Fsp3) is 0.750. The van der Waals surface area contributed by atoms with E-state index in [4.69, 9.17) is 5.73 Å². The summed E-state index contributed by atoms with van der Waals surface area (Å²) >= 11 is 0. The highest BCUT2D eigenvalue weighted by Gasteiger charge is 2.35. The Kier molecular flexibility index (Phi) is 3.35. The van der Waals surface area contributed by atoms with Crippen molar-refractivity contribution in [1.29, 1.82) is 0 Å². The summed E-state index contributed by atoms with van der Waals surface area (Å²) in [4.78, 5) is 12.6. The molecular weight excluding hydrogens is 262 g/mol. The van der Waals surface area contributed by atoms with Gasteiger partial charge in [0.25, 0.3) is 0 Å². The molecule has 3 N–H and O–H groups in total. The van der Waals surface area contributed by atoms with Gasteiger partial charge in [-0.15, -0.1) is 0 Å². The van der Waals surface area contributed by atoms with Gasteiger partial charge in [-0.1, -0.05) is 0 Å². The molecule has 1 aromatic rings. The largest absolute Gasteiger partial charge is 0.391 e. The lowest BCUT2D eigenvalue weighted by atomic mass is 10.1. The lowest BCUT2D eigenvalue weighted by molar-refractivity contribution is -0.384. The van der Waals surface area contributed by atoms with E-state index >= 15 is 0 Å². The summed E-state index contributed by atoms with van der Waals surface area (Å²) in [5, 5.41) is 25.3. The van der Waals surface area contributed by atoms with Crippen molar-refractivity contribution >= 4 is 11.5 Å². The average molecular weight is 281 g/mol. The minimum absolute atomic E-state index is 0.0135. The first-order valence-electron chi connectivity index (χ1n) is 6.96. The molecule has 2 atom stereocenters. The second-order valence-corrected chi connectivity index (χ2v) is 5.67. The lowest BCUT2D eigenvalue weighted by Crippen LogP contribution is -2.33. The summed E-state index contributed by atoms with van der Waals surface area (Å²) in [5.41, 5.74) is 5.92. The summed E-state index contributed by atoms with van der Waals surface area (Å²) in [7, 11) is 0. The molecule has 1 aliphatic heterocycles. The first-order chi connectivity index (χ1) is 9.56. The smallest absolute Gasteiger partial charge is 0.331 e. The molecule has 8 heteroatoms. The maximum Gasteiger partial charge on any atom is 0.331 e. The van der Waals surface area contributed by atoms with Crippen molar-refractivity contribution in [2.75, 3.05) is 18.0 Å². The maximum atomic E-state index is 11.2. The van der Waals surface area contributed by atoms with Gasteiger partial charge in [0.1, 0.15) is 6.20 Å². The third kappa shape index (κ3) is 2.48. The summed E-state index contributed by atoms with van der Waals surface area (Å²) in [6.07, 6.45) is 4.00. The predicted molar refractivity (Wildman–Crippen MR) is 72.6 cm³/mol. The SMILES string of the molecule is NC1CCN(c2c([N+](=O)[O-])cnn2C2CC2)CC(O)C1. The lowest BCUT2D eigenvalue weighted by Gasteiger charge is -2.24. The number of hydrogen-bond donors (Lipinski definition) is 2. The van der Waals surface area contributed by atoms with Gasteiger partial charge in [-0.2, -0.15) is 5.10 Å². The average Bonchev–Trinajstić information content (AvgIpc) is 3.14. The molecular formula is C12H19N5O3. The zero-order valence-electron chi connectivity index (χ0n) is 11.2. The van der Waals surface area contributed by atoms with Crippen LogP contribution in [-0.2, 0) is 0 Å². The van der Waals surface area contributed by atoms with E-state index in [2.05, 4.69) is 5.10 Å². The summed E-state index contributed by atoms with van der Waals surface area (Å²) in [6.45, 7) is 0.977. The highest BCUT2D eigenvalue weighted by atomic mass is 16.6. The van der Waals surface area contributed by atoms with E-state index in [-0.39, 0.29) is 17.8 Å². The highest BCUT2D eigenvalue weighted by molar-refractivity contribution is 5.58. The third-order valence-corrected chi connectivity index (χ3v) is 3.92. The highest BCUT2D eigenvalue weighted by Crippen LogP contribution is 2.41. The van der Waals surface area contributed by atoms with Crippen LogP contribution in [0.2, 0.25) is 0 Å². The molecule has 0 aromatic carbocycles. The van der Waals surface area contributed by atoms with E-state index < -0.39 is 11.0 Å². The van der Waals surface area contributed by atoms with Gasteiger partial charge in [0.2, 0.25) is 5.82 Å². The van der Waals surface area contributed by atoms with E-state index in [1.165, 1.54) is 6.20 Å². The minimum Gasteiger partial charge on any atom is -0.391 e. The molecule has 1 saturated carbocycles. The number of aliphatic hydroxyl groups excluding tert-OH is 1. The van der Waals surface area contributed by atoms with Crippen LogP contribution in [0.5, 0.6) is 0 Å². The fourth-order valence-electron chi connectivity index (χ4n) is 2.77. The van der Waals surface area contributed by atoms with Crippen molar-refractivity contribution in [3.8, 4) is 0 Å². The van der Waals surface area contributed by atoms with Crippen LogP contribution in [0.15, 0.2) is 6.20 Å². The molecule has 2 aliphatic rings. The van der Waals surface area contributed by atoms with Crippen molar-refractivity contribution in [2.24, 2.45) is 5.73 Å². The second kappa shape index (κ2) is 5.02. The van der Waals surface area contributed by atoms with Crippen LogP contribution >= 0.6 is 0 Å². The van der Waals surface area contributed by atoms with Crippen molar-refractivity contribution < 1.29 is 10.0 Å². The van der Waals surface area contributed by atoms with Crippen LogP contribution in [0.4, 0.5) is 11.5 Å². The van der Waals surface area contributed by atoms with E-state index in [1.54, 1.807) is 4.68 Å². The van der Waals surface area contributed by atoms with Gasteiger partial charge in [-0.3, -0.25) is 10.1 Å². The molecule has 0 radical (unpaired) electrons. The molecule has 0 amide bonds. The Bertz CT molecular complexity index is 513. The van der Waals surface area contributed by atoms with E-state index in [0.717, 1.165) is 12.8 Å². The van der Waals surface area contributed by atoms with Gasteiger partial charge >= 0.3 is 5.69 Å². The molecule has 8 nitrogen and oxygen atoms in total. The fourth-order valence-corrected chi connectivity index (χ4v) is 2.77. The van der Waals surface area contributed by atoms with Gasteiger partial charge in [0.15, 0.2) is 0 Å². The molecule has 1 aromatic heterocycles. The van der Waals surface area contributed by atoms with Gasteiger partial charge in [-0.25, -0.2) is 4.68 Å². The van der Waals surface area contributed by atoms with E-state index in [9.17, 15) is 15.2 Å². The number of nitrogens with two attached hydrogens (primary N) is 1. The molecule has 1 saturated heterocycles. The maximum absolute atomic E-state index is 11.2. The summed E-state index contributed by atoms with van der Waals surface area (Å²) < 4.78 is 1.74. The molecule has 2 unspecified atom stereocenters. The monoisotopic (exact) mass is 281 g/mol. The molecule has 2 heterocycles. The molecule has 0 bridgehead atoms. The van der Waals surface area contributed by atoms with Crippen molar-refractivity contribution in [1.82, 2.24) is 9.78 Å². The summed E-state index contributed by atoms with van der Waals surface area (Å²) in [6, 6.07) is 0.194. The van der Waals surface area contributed by atoms with Crippen LogP contribution in [0.1, 0.15) is 31.7 Å². The Balaban J connectivity index is 1.94. The number of aromatic nitrogens is 2. The van der Waals surface area contributed by atoms with Crippen molar-refractivity contribution in [3.63, 3.8) is 0 Å². The zero-order chi connectivity index (χ0) is 14.3. The van der Waals surface area contributed by atoms with Gasteiger partial charge in [0, 0.05) is 19.1 Å². The molecule has 110 valence electrons. The number of β-amino-alcohol motifs (C(OH)–C–C–N with tert-alkyl or cyclic N) is 1. The minimum atomic E-state index is -0.561. The first kappa shape index (κ1) is 13.3. The predicted octanol–water partition coefficient (Wildman–Crippen LogP) is 0.415. The van der Waals surface area contributed by atoms with Crippen LogP contribution < -0.4 is 10.6 Å². The van der Waals surface area contributed by atoms with Crippen molar-refractivity contribution in [3.05, 3.63) is 16.3 Å².